The maximum atomic E-state index is 4.89. The molecule has 0 aromatic carbocycles. The summed E-state index contributed by atoms with van der Waals surface area (Å²) in [6.07, 6.45) is -0.167. The van der Waals surface area contributed by atoms with E-state index in [1.54, 1.807) is 0 Å². The van der Waals surface area contributed by atoms with Gasteiger partial charge in [-0.25, -0.2) is 0 Å². The van der Waals surface area contributed by atoms with Crippen LogP contribution in [0.3, 0.4) is 0 Å². The first kappa shape index (κ1) is 5.48. The molecule has 0 radical (unpaired) electrons. The third-order valence-corrected chi connectivity index (χ3v) is 0.254. The fourth-order valence-electron chi connectivity index (χ4n) is 0.0393. The first-order valence-corrected chi connectivity index (χ1v) is 1.06. The number of hydrogen-bond donors (Lipinski definition) is 2. The summed E-state index contributed by atoms with van der Waals surface area (Å²) in [6, 6.07) is 0. The van der Waals surface area contributed by atoms with E-state index in [1.807, 2.05) is 0 Å². The molecule has 1 heterocycles. The Bertz CT molecular complexity index is 28.8. The number of hydroxylamine groups is 1. The predicted octanol–water partition coefficient (Wildman–Crippen LogP) is -1.89. The third kappa shape index (κ3) is 2.27. The topological polar surface area (TPSA) is 60.5 Å². The maximum absolute atomic E-state index is 4.89. The number of nitrogens with one attached hydrogen (secondary N) is 1. The number of hydrogen-bond acceptors (Lipinski definition) is 3. The second-order valence-electron chi connectivity index (χ2n) is 0.656. The van der Waals surface area contributed by atoms with Crippen LogP contribution < -0.4 is 11.2 Å². The van der Waals surface area contributed by atoms with Crippen LogP contribution in [0.1, 0.15) is 0 Å². The van der Waals surface area contributed by atoms with E-state index in [2.05, 4.69) is 10.3 Å². The molecule has 0 saturated carbocycles. The molecule has 0 amide bonds. The van der Waals surface area contributed by atoms with E-state index in [-0.39, 0.29) is 25.2 Å². The van der Waals surface area contributed by atoms with Crippen molar-refractivity contribution in [3.63, 3.8) is 0 Å². The minimum atomic E-state index is -0.167. The van der Waals surface area contributed by atoms with Gasteiger partial charge in [0.25, 0.3) is 0 Å². The minimum absolute atomic E-state index is 0. The second kappa shape index (κ2) is 1.80. The average molecular weight is 68.0 g/mol. The molecule has 0 bridgehead atoms. The van der Waals surface area contributed by atoms with Crippen LogP contribution in [0.4, 0.5) is 0 Å². The van der Waals surface area contributed by atoms with Gasteiger partial charge < -0.3 is 0 Å². The van der Waals surface area contributed by atoms with Gasteiger partial charge in [0.15, 0.2) is 0 Å². The van der Waals surface area contributed by atoms with Crippen LogP contribution in [-0.2, 0) is 4.84 Å². The van der Waals surface area contributed by atoms with Crippen molar-refractivity contribution in [1.29, 1.82) is 0 Å². The molecular formula is CH5LiN2O. The summed E-state index contributed by atoms with van der Waals surface area (Å²) in [7, 11) is 0. The fourth-order valence-corrected chi connectivity index (χ4v) is 0.0393. The van der Waals surface area contributed by atoms with Crippen molar-refractivity contribution in [2.24, 2.45) is 5.73 Å². The molecule has 1 unspecified atom stereocenters. The van der Waals surface area contributed by atoms with Gasteiger partial charge >= 0.3 is 18.9 Å². The zero-order chi connectivity index (χ0) is 2.99. The van der Waals surface area contributed by atoms with Gasteiger partial charge in [0.2, 0.25) is 6.35 Å². The fraction of sp³-hybridized carbons (Fsp3) is 1.00. The first-order valence-electron chi connectivity index (χ1n) is 1.06. The van der Waals surface area contributed by atoms with E-state index in [0.29, 0.717) is 0 Å². The Hall–Kier alpha value is 0.477. The van der Waals surface area contributed by atoms with Crippen LogP contribution in [0.25, 0.3) is 0 Å². The summed E-state index contributed by atoms with van der Waals surface area (Å²) < 4.78 is 0. The van der Waals surface area contributed by atoms with Crippen molar-refractivity contribution < 1.29 is 4.84 Å². The Balaban J connectivity index is 0.000000160. The van der Waals surface area contributed by atoms with Crippen LogP contribution in [-0.4, -0.2) is 25.2 Å². The third-order valence-electron chi connectivity index (χ3n) is 0.254. The average Bonchev–Trinajstić information content (AvgIpc) is 1.75. The van der Waals surface area contributed by atoms with Crippen LogP contribution >= 0.6 is 0 Å². The summed E-state index contributed by atoms with van der Waals surface area (Å²) in [5, 5.41) is 0. The van der Waals surface area contributed by atoms with Gasteiger partial charge in [-0.2, -0.15) is 5.48 Å². The van der Waals surface area contributed by atoms with Gasteiger partial charge in [0.05, 0.1) is 0 Å². The normalized spacial score (nSPS) is 31.8. The molecule has 1 fully saturated rings. The van der Waals surface area contributed by atoms with Crippen molar-refractivity contribution in [3.05, 3.63) is 0 Å². The van der Waals surface area contributed by atoms with Crippen molar-refractivity contribution in [2.75, 3.05) is 0 Å². The monoisotopic (exact) mass is 68.1 g/mol. The molecule has 5 heavy (non-hydrogen) atoms. The summed E-state index contributed by atoms with van der Waals surface area (Å²) in [4.78, 5) is 4.24. The Labute approximate surface area is 42.0 Å². The zero-order valence-electron chi connectivity index (χ0n) is 2.06. The van der Waals surface area contributed by atoms with Crippen molar-refractivity contribution in [2.45, 2.75) is 6.35 Å². The molecule has 1 aliphatic rings. The standard InChI is InChI=1S/CH4N2O.Li.H/c2-1-3-4-1;;/h1,3H,2H2;;. The molecule has 0 aliphatic carbocycles. The van der Waals surface area contributed by atoms with Gasteiger partial charge in [-0.05, 0) is 0 Å². The summed E-state index contributed by atoms with van der Waals surface area (Å²) in [5.74, 6) is 0. The van der Waals surface area contributed by atoms with E-state index in [0.717, 1.165) is 0 Å². The van der Waals surface area contributed by atoms with E-state index < -0.39 is 0 Å². The van der Waals surface area contributed by atoms with E-state index in [1.165, 1.54) is 0 Å². The molecular weight excluding hydrogens is 63.0 g/mol. The van der Waals surface area contributed by atoms with Crippen molar-refractivity contribution >= 4 is 18.9 Å². The summed E-state index contributed by atoms with van der Waals surface area (Å²) in [6.45, 7) is 0. The molecule has 0 aromatic heterocycles. The van der Waals surface area contributed by atoms with Crippen LogP contribution in [0.5, 0.6) is 0 Å². The molecule has 4 heteroatoms. The van der Waals surface area contributed by atoms with Gasteiger partial charge in [0.1, 0.15) is 0 Å². The van der Waals surface area contributed by atoms with Gasteiger partial charge in [0, 0.05) is 0 Å². The summed E-state index contributed by atoms with van der Waals surface area (Å²) >= 11 is 0. The Kier molecular flexibility index (Phi) is 1.98. The predicted molar refractivity (Wildman–Crippen MR) is 19.3 cm³/mol. The van der Waals surface area contributed by atoms with Crippen LogP contribution in [0.2, 0.25) is 0 Å². The van der Waals surface area contributed by atoms with Gasteiger partial charge in [-0.3, -0.25) is 10.6 Å². The van der Waals surface area contributed by atoms with E-state index in [9.17, 15) is 0 Å². The van der Waals surface area contributed by atoms with E-state index >= 15 is 0 Å². The second-order valence-corrected chi connectivity index (χ2v) is 0.656. The SMILES string of the molecule is NC1NO1.[LiH]. The molecule has 3 N–H and O–H groups in total. The molecule has 26 valence electrons. The van der Waals surface area contributed by atoms with Gasteiger partial charge in [-0.1, -0.05) is 0 Å². The quantitative estimate of drug-likeness (QED) is 0.258. The first-order chi connectivity index (χ1) is 1.89. The Morgan fingerprint density at radius 1 is 1.80 bits per heavy atom. The molecule has 1 atom stereocenters. The Morgan fingerprint density at radius 2 is 2.00 bits per heavy atom. The molecule has 1 aliphatic heterocycles. The zero-order valence-corrected chi connectivity index (χ0v) is 2.06. The van der Waals surface area contributed by atoms with Crippen LogP contribution in [0, 0.1) is 0 Å². The van der Waals surface area contributed by atoms with Crippen molar-refractivity contribution in [3.8, 4) is 0 Å². The molecule has 3 nitrogen and oxygen atoms in total. The number of nitrogens with two attached hydrogens (primary N) is 1. The molecule has 1 saturated heterocycles. The van der Waals surface area contributed by atoms with Crippen molar-refractivity contribution in [1.82, 2.24) is 5.48 Å². The van der Waals surface area contributed by atoms with Gasteiger partial charge in [-0.15, -0.1) is 0 Å². The molecule has 0 aromatic rings. The molecule has 1 rings (SSSR count). The van der Waals surface area contributed by atoms with E-state index in [4.69, 9.17) is 5.73 Å². The number of rotatable bonds is 0. The van der Waals surface area contributed by atoms with Crippen LogP contribution in [0.15, 0.2) is 0 Å². The summed E-state index contributed by atoms with van der Waals surface area (Å²) in [5.41, 5.74) is 7.26. The molecule has 0 spiro atoms. The Morgan fingerprint density at radius 3 is 2.00 bits per heavy atom.